The van der Waals surface area contributed by atoms with E-state index in [1.54, 1.807) is 36.4 Å². The van der Waals surface area contributed by atoms with Gasteiger partial charge in [0.25, 0.3) is 5.91 Å². The largest absolute Gasteiger partial charge is 0.452 e. The molecule has 7 nitrogen and oxygen atoms in total. The van der Waals surface area contributed by atoms with Gasteiger partial charge in [0.1, 0.15) is 5.82 Å². The lowest BCUT2D eigenvalue weighted by Crippen LogP contribution is -2.37. The number of ether oxygens (including phenoxy) is 2. The summed E-state index contributed by atoms with van der Waals surface area (Å²) in [5.41, 5.74) is 3.34. The fraction of sp³-hybridized carbons (Fsp3) is 0.265. The number of nitrogens with one attached hydrogen (secondary N) is 1. The minimum absolute atomic E-state index is 0.0323. The number of alkyl halides is 3. The number of aromatic nitrogens is 1. The molecule has 11 heteroatoms. The smallest absolute Gasteiger partial charge is 0.416 e. The highest BCUT2D eigenvalue weighted by Crippen LogP contribution is 2.38. The molecule has 4 aromatic rings. The normalized spacial score (nSPS) is 16.0. The van der Waals surface area contributed by atoms with Crippen LogP contribution < -0.4 is 10.2 Å². The molecule has 1 amide bonds. The number of morpholine rings is 1. The second kappa shape index (κ2) is 12.7. The van der Waals surface area contributed by atoms with E-state index in [-0.39, 0.29) is 11.5 Å². The third kappa shape index (κ3) is 6.68. The van der Waals surface area contributed by atoms with Gasteiger partial charge in [0.15, 0.2) is 6.61 Å². The molecule has 0 spiro atoms. The lowest BCUT2D eigenvalue weighted by atomic mass is 9.86. The van der Waals surface area contributed by atoms with Crippen molar-refractivity contribution in [1.82, 2.24) is 4.98 Å². The lowest BCUT2D eigenvalue weighted by Gasteiger charge is -2.31. The summed E-state index contributed by atoms with van der Waals surface area (Å²) in [7, 11) is 0. The first-order valence-electron chi connectivity index (χ1n) is 14.6. The van der Waals surface area contributed by atoms with E-state index >= 15 is 0 Å². The molecule has 2 aliphatic rings. The number of carbonyl (C=O) groups is 2. The van der Waals surface area contributed by atoms with Gasteiger partial charge in [0, 0.05) is 18.5 Å². The van der Waals surface area contributed by atoms with Crippen molar-refractivity contribution < 1.29 is 36.6 Å². The number of pyridine rings is 1. The average Bonchev–Trinajstić information content (AvgIpc) is 3.04. The van der Waals surface area contributed by atoms with Crippen LogP contribution in [0.1, 0.15) is 45.6 Å². The molecule has 0 atom stereocenters. The molecule has 1 saturated heterocycles. The molecular formula is C34H29F4N3O4. The van der Waals surface area contributed by atoms with E-state index < -0.39 is 30.2 Å². The average molecular weight is 620 g/mol. The minimum Gasteiger partial charge on any atom is -0.452 e. The third-order valence-corrected chi connectivity index (χ3v) is 7.87. The van der Waals surface area contributed by atoms with Gasteiger partial charge < -0.3 is 19.7 Å². The number of carbonyl (C=O) groups excluding carboxylic acids is 2. The maximum absolute atomic E-state index is 13.6. The van der Waals surface area contributed by atoms with Gasteiger partial charge in [0.05, 0.1) is 46.9 Å². The maximum atomic E-state index is 13.6. The van der Waals surface area contributed by atoms with Gasteiger partial charge >= 0.3 is 12.1 Å². The number of anilines is 2. The van der Waals surface area contributed by atoms with Gasteiger partial charge in [-0.2, -0.15) is 13.2 Å². The summed E-state index contributed by atoms with van der Waals surface area (Å²) in [5, 5.41) is 3.08. The van der Waals surface area contributed by atoms with Gasteiger partial charge in [-0.1, -0.05) is 30.3 Å². The van der Waals surface area contributed by atoms with Crippen LogP contribution in [-0.2, 0) is 26.9 Å². The molecule has 0 radical (unpaired) electrons. The second-order valence-electron chi connectivity index (χ2n) is 10.9. The van der Waals surface area contributed by atoms with Crippen LogP contribution in [-0.4, -0.2) is 49.8 Å². The first kappa shape index (κ1) is 30.3. The van der Waals surface area contributed by atoms with Crippen LogP contribution >= 0.6 is 0 Å². The van der Waals surface area contributed by atoms with Crippen molar-refractivity contribution in [1.29, 1.82) is 0 Å². The van der Waals surface area contributed by atoms with Gasteiger partial charge in [-0.25, -0.2) is 14.2 Å². The zero-order valence-corrected chi connectivity index (χ0v) is 24.1. The second-order valence-corrected chi connectivity index (χ2v) is 10.9. The minimum atomic E-state index is -4.61. The Bertz CT molecular complexity index is 1780. The molecule has 0 saturated carbocycles. The van der Waals surface area contributed by atoms with Crippen molar-refractivity contribution in [3.8, 4) is 0 Å². The molecule has 0 unspecified atom stereocenters. The van der Waals surface area contributed by atoms with Crippen LogP contribution in [0.5, 0.6) is 0 Å². The molecule has 1 N–H and O–H groups in total. The highest BCUT2D eigenvalue weighted by atomic mass is 19.4. The standard InChI is InChI=1S/C34H29F4N3O4/c35-24-11-8-21(9-12-24)18-22-4-3-6-26-31(25-5-1-2-7-27(25)40-32(22)26)33(43)45-20-30(42)39-28-19-23(34(36,37)38)10-13-29(28)41-14-16-44-17-15-41/h1-2,5,7-13,18-19H,3-4,6,14-17,20H2,(H,39,42)/b22-18-. The summed E-state index contributed by atoms with van der Waals surface area (Å²) in [4.78, 5) is 33.3. The predicted octanol–water partition coefficient (Wildman–Crippen LogP) is 6.90. The molecule has 232 valence electrons. The summed E-state index contributed by atoms with van der Waals surface area (Å²) in [6, 6.07) is 16.4. The Morgan fingerprint density at radius 1 is 1.00 bits per heavy atom. The number of rotatable bonds is 6. The Labute approximate surface area is 256 Å². The van der Waals surface area contributed by atoms with Crippen LogP contribution in [0.25, 0.3) is 22.6 Å². The fourth-order valence-corrected chi connectivity index (χ4v) is 5.75. The molecular weight excluding hydrogens is 590 g/mol. The quantitative estimate of drug-likeness (QED) is 0.187. The van der Waals surface area contributed by atoms with Crippen molar-refractivity contribution in [3.05, 3.63) is 100 Å². The molecule has 3 aromatic carbocycles. The van der Waals surface area contributed by atoms with E-state index in [9.17, 15) is 27.2 Å². The molecule has 1 fully saturated rings. The summed E-state index contributed by atoms with van der Waals surface area (Å²) in [6.07, 6.45) is -0.697. The Hall–Kier alpha value is -4.77. The van der Waals surface area contributed by atoms with E-state index in [0.717, 1.165) is 29.7 Å². The molecule has 2 heterocycles. The van der Waals surface area contributed by atoms with Gasteiger partial charge in [0.2, 0.25) is 0 Å². The monoisotopic (exact) mass is 619 g/mol. The van der Waals surface area contributed by atoms with Crippen molar-refractivity contribution in [2.75, 3.05) is 43.1 Å². The summed E-state index contributed by atoms with van der Waals surface area (Å²) >= 11 is 0. The molecule has 6 rings (SSSR count). The fourth-order valence-electron chi connectivity index (χ4n) is 5.75. The number of esters is 1. The van der Waals surface area contributed by atoms with Crippen LogP contribution in [0, 0.1) is 5.82 Å². The number of amides is 1. The Balaban J connectivity index is 1.27. The highest BCUT2D eigenvalue weighted by Gasteiger charge is 2.32. The number of hydrogen-bond donors (Lipinski definition) is 1. The van der Waals surface area contributed by atoms with E-state index in [4.69, 9.17) is 14.5 Å². The topological polar surface area (TPSA) is 80.8 Å². The van der Waals surface area contributed by atoms with E-state index in [1.807, 2.05) is 11.0 Å². The number of halogens is 4. The van der Waals surface area contributed by atoms with Crippen molar-refractivity contribution in [2.45, 2.75) is 25.4 Å². The van der Waals surface area contributed by atoms with Gasteiger partial charge in [-0.15, -0.1) is 0 Å². The van der Waals surface area contributed by atoms with Crippen LogP contribution in [0.15, 0.2) is 66.7 Å². The summed E-state index contributed by atoms with van der Waals surface area (Å²) in [5.74, 6) is -1.86. The summed E-state index contributed by atoms with van der Waals surface area (Å²) < 4.78 is 64.9. The van der Waals surface area contributed by atoms with E-state index in [0.29, 0.717) is 72.6 Å². The Kier molecular flexibility index (Phi) is 8.53. The van der Waals surface area contributed by atoms with E-state index in [1.165, 1.54) is 18.2 Å². The molecule has 1 aromatic heterocycles. The summed E-state index contributed by atoms with van der Waals surface area (Å²) in [6.45, 7) is 0.984. The van der Waals surface area contributed by atoms with Crippen LogP contribution in [0.4, 0.5) is 28.9 Å². The number of nitrogens with zero attached hydrogens (tertiary/aromatic N) is 2. The lowest BCUT2D eigenvalue weighted by molar-refractivity contribution is -0.137. The van der Waals surface area contributed by atoms with Gasteiger partial charge in [-0.3, -0.25) is 4.79 Å². The molecule has 45 heavy (non-hydrogen) atoms. The zero-order valence-electron chi connectivity index (χ0n) is 24.1. The maximum Gasteiger partial charge on any atom is 0.416 e. The molecule has 1 aliphatic carbocycles. The predicted molar refractivity (Wildman–Crippen MR) is 162 cm³/mol. The van der Waals surface area contributed by atoms with Gasteiger partial charge in [-0.05, 0) is 78.4 Å². The van der Waals surface area contributed by atoms with Crippen LogP contribution in [0.2, 0.25) is 0 Å². The van der Waals surface area contributed by atoms with Crippen LogP contribution in [0.3, 0.4) is 0 Å². The number of para-hydroxylation sites is 1. The van der Waals surface area contributed by atoms with Crippen molar-refractivity contribution in [2.24, 2.45) is 0 Å². The first-order valence-corrected chi connectivity index (χ1v) is 14.6. The van der Waals surface area contributed by atoms with Crippen molar-refractivity contribution in [3.63, 3.8) is 0 Å². The molecule has 1 aliphatic heterocycles. The number of hydrogen-bond acceptors (Lipinski definition) is 6. The zero-order chi connectivity index (χ0) is 31.6. The number of allylic oxidation sites excluding steroid dienone is 1. The SMILES string of the molecule is O=C(COC(=O)c1c2c(nc3ccccc13)/C(=C\c1ccc(F)cc1)CCC2)Nc1cc(C(F)(F)F)ccc1N1CCOCC1. The third-order valence-electron chi connectivity index (χ3n) is 7.87. The van der Waals surface area contributed by atoms with Crippen molar-refractivity contribution >= 4 is 45.8 Å². The number of fused-ring (bicyclic) bond motifs is 2. The number of benzene rings is 3. The highest BCUT2D eigenvalue weighted by molar-refractivity contribution is 6.07. The van der Waals surface area contributed by atoms with E-state index in [2.05, 4.69) is 5.32 Å². The Morgan fingerprint density at radius 3 is 2.51 bits per heavy atom. The Morgan fingerprint density at radius 2 is 1.76 bits per heavy atom. The first-order chi connectivity index (χ1) is 21.7. The molecule has 0 bridgehead atoms.